The molecule has 172 valence electrons. The van der Waals surface area contributed by atoms with Crippen LogP contribution in [0.15, 0.2) is 30.7 Å². The van der Waals surface area contributed by atoms with Crippen LogP contribution < -0.4 is 10.1 Å². The summed E-state index contributed by atoms with van der Waals surface area (Å²) in [6.45, 7) is 6.36. The number of ether oxygens (including phenoxy) is 1. The number of nitrogens with one attached hydrogen (secondary N) is 1. The Morgan fingerprint density at radius 3 is 2.44 bits per heavy atom. The van der Waals surface area contributed by atoms with Crippen LogP contribution in [0.1, 0.15) is 51.0 Å². The van der Waals surface area contributed by atoms with Crippen LogP contribution >= 0.6 is 0 Å². The van der Waals surface area contributed by atoms with E-state index in [1.807, 2.05) is 27.7 Å². The largest absolute Gasteiger partial charge is 0.433 e. The number of hydrogen-bond acceptors (Lipinski definition) is 6. The van der Waals surface area contributed by atoms with Gasteiger partial charge in [-0.2, -0.15) is 13.9 Å². The summed E-state index contributed by atoms with van der Waals surface area (Å²) in [6, 6.07) is 2.64. The summed E-state index contributed by atoms with van der Waals surface area (Å²) < 4.78 is 31.3. The average Bonchev–Trinajstić information content (AvgIpc) is 3.10. The molecule has 32 heavy (non-hydrogen) atoms. The van der Waals surface area contributed by atoms with Gasteiger partial charge in [0.15, 0.2) is 0 Å². The number of aliphatic hydroxyl groups excluding tert-OH is 1. The highest BCUT2D eigenvalue weighted by Crippen LogP contribution is 2.30. The fourth-order valence-electron chi connectivity index (χ4n) is 3.53. The first-order chi connectivity index (χ1) is 15.1. The minimum Gasteiger partial charge on any atom is -0.433 e. The van der Waals surface area contributed by atoms with Crippen molar-refractivity contribution in [1.29, 1.82) is 0 Å². The van der Waals surface area contributed by atoms with E-state index >= 15 is 0 Å². The molecule has 0 unspecified atom stereocenters. The molecular weight excluding hydrogens is 420 g/mol. The fourth-order valence-corrected chi connectivity index (χ4v) is 3.53. The second-order valence-electron chi connectivity index (χ2n) is 8.25. The molecule has 0 radical (unpaired) electrons. The summed E-state index contributed by atoms with van der Waals surface area (Å²) >= 11 is 0. The Morgan fingerprint density at radius 2 is 1.84 bits per heavy atom. The third-order valence-electron chi connectivity index (χ3n) is 5.05. The highest BCUT2D eigenvalue weighted by molar-refractivity contribution is 5.99. The lowest BCUT2D eigenvalue weighted by molar-refractivity contribution is -0.0500. The number of rotatable bonds is 8. The number of carbonyl (C=O) groups is 1. The molecule has 0 spiro atoms. The Hall–Kier alpha value is -3.14. The van der Waals surface area contributed by atoms with E-state index < -0.39 is 18.8 Å². The molecule has 0 saturated heterocycles. The van der Waals surface area contributed by atoms with Crippen LogP contribution in [-0.2, 0) is 0 Å². The van der Waals surface area contributed by atoms with Crippen molar-refractivity contribution in [2.45, 2.75) is 59.4 Å². The molecule has 1 amide bonds. The number of aromatic nitrogens is 4. The normalized spacial score (nSPS) is 13.7. The Balaban J connectivity index is 2.03. The number of pyridine rings is 2. The predicted molar refractivity (Wildman–Crippen MR) is 116 cm³/mol. The number of aliphatic hydroxyl groups is 1. The van der Waals surface area contributed by atoms with Crippen molar-refractivity contribution >= 4 is 16.9 Å². The van der Waals surface area contributed by atoms with Crippen molar-refractivity contribution < 1.29 is 23.4 Å². The Bertz CT molecular complexity index is 1090. The molecule has 3 rings (SSSR count). The van der Waals surface area contributed by atoms with E-state index in [2.05, 4.69) is 25.1 Å². The molecule has 10 heteroatoms. The second kappa shape index (κ2) is 9.56. The van der Waals surface area contributed by atoms with Gasteiger partial charge in [-0.05, 0) is 38.8 Å². The first-order valence-corrected chi connectivity index (χ1v) is 10.4. The van der Waals surface area contributed by atoms with Gasteiger partial charge >= 0.3 is 6.61 Å². The summed E-state index contributed by atoms with van der Waals surface area (Å²) in [5.41, 5.74) is 2.34. The zero-order valence-corrected chi connectivity index (χ0v) is 18.6. The third-order valence-corrected chi connectivity index (χ3v) is 5.05. The van der Waals surface area contributed by atoms with Gasteiger partial charge in [0.1, 0.15) is 17.0 Å². The lowest BCUT2D eigenvalue weighted by Crippen LogP contribution is -2.45. The van der Waals surface area contributed by atoms with Gasteiger partial charge in [0.25, 0.3) is 5.91 Å². The maximum atomic E-state index is 12.8. The highest BCUT2D eigenvalue weighted by atomic mass is 19.3. The number of alkyl halides is 2. The Kier molecular flexibility index (Phi) is 7.02. The molecule has 0 aromatic carbocycles. The van der Waals surface area contributed by atoms with E-state index in [-0.39, 0.29) is 23.6 Å². The number of fused-ring (bicyclic) bond motifs is 1. The average molecular weight is 447 g/mol. The van der Waals surface area contributed by atoms with Gasteiger partial charge in [0, 0.05) is 24.0 Å². The molecule has 0 saturated carbocycles. The summed E-state index contributed by atoms with van der Waals surface area (Å²) in [7, 11) is 0. The molecule has 0 fully saturated rings. The molecule has 3 aromatic rings. The molecule has 8 nitrogen and oxygen atoms in total. The lowest BCUT2D eigenvalue weighted by atomic mass is 9.99. The lowest BCUT2D eigenvalue weighted by Gasteiger charge is -2.25. The van der Waals surface area contributed by atoms with Gasteiger partial charge in [-0.25, -0.2) is 0 Å². The quantitative estimate of drug-likeness (QED) is 0.544. The third kappa shape index (κ3) is 5.01. The zero-order valence-electron chi connectivity index (χ0n) is 18.6. The highest BCUT2D eigenvalue weighted by Gasteiger charge is 2.23. The minimum atomic E-state index is -2.97. The molecule has 3 heterocycles. The van der Waals surface area contributed by atoms with Crippen molar-refractivity contribution in [3.05, 3.63) is 36.3 Å². The summed E-state index contributed by atoms with van der Waals surface area (Å²) in [4.78, 5) is 21.2. The van der Waals surface area contributed by atoms with E-state index in [0.717, 1.165) is 0 Å². The topological polar surface area (TPSA) is 102 Å². The molecule has 2 N–H and O–H groups in total. The summed E-state index contributed by atoms with van der Waals surface area (Å²) in [5.74, 6) is -0.400. The van der Waals surface area contributed by atoms with Crippen LogP contribution in [0.2, 0.25) is 0 Å². The van der Waals surface area contributed by atoms with Crippen LogP contribution in [0.5, 0.6) is 5.75 Å². The molecule has 0 aliphatic carbocycles. The smallest absolute Gasteiger partial charge is 0.387 e. The Morgan fingerprint density at radius 1 is 1.12 bits per heavy atom. The van der Waals surface area contributed by atoms with Crippen molar-refractivity contribution in [2.24, 2.45) is 5.92 Å². The molecular formula is C22H27F2N5O3. The fraction of sp³-hybridized carbons (Fsp3) is 0.455. The summed E-state index contributed by atoms with van der Waals surface area (Å²) in [5, 5.41) is 17.4. The van der Waals surface area contributed by atoms with Crippen molar-refractivity contribution in [3.8, 4) is 17.0 Å². The van der Waals surface area contributed by atoms with E-state index in [4.69, 9.17) is 0 Å². The van der Waals surface area contributed by atoms with Gasteiger partial charge in [-0.3, -0.25) is 19.4 Å². The second-order valence-corrected chi connectivity index (χ2v) is 8.25. The summed E-state index contributed by atoms with van der Waals surface area (Å²) in [6.07, 6.45) is 3.40. The molecule has 3 aromatic heterocycles. The van der Waals surface area contributed by atoms with Crippen LogP contribution in [-0.4, -0.2) is 49.5 Å². The standard InChI is InChI=1S/C22H27F2N5O3/c1-11(2)18(13(5)30)27-21(31)15-7-17-20(26-9-15)19(28-29(17)12(3)4)14-6-16(10-25-8-14)32-22(23)24/h6-13,18,22,30H,1-5H3,(H,27,31)/t13-,18-/m0/s1. The zero-order chi connectivity index (χ0) is 23.6. The Labute approximate surface area is 184 Å². The number of nitrogens with zero attached hydrogens (tertiary/aromatic N) is 4. The van der Waals surface area contributed by atoms with E-state index in [1.165, 1.54) is 24.7 Å². The van der Waals surface area contributed by atoms with Crippen molar-refractivity contribution in [2.75, 3.05) is 0 Å². The van der Waals surface area contributed by atoms with E-state index in [0.29, 0.717) is 27.9 Å². The SMILES string of the molecule is CC(C)[C@H](NC(=O)c1cnc2c(-c3cncc(OC(F)F)c3)nn(C(C)C)c2c1)[C@H](C)O. The van der Waals surface area contributed by atoms with Gasteiger partial charge in [-0.1, -0.05) is 13.8 Å². The first kappa shape index (κ1) is 23.5. The van der Waals surface area contributed by atoms with Crippen LogP contribution in [0, 0.1) is 5.92 Å². The van der Waals surface area contributed by atoms with Gasteiger partial charge in [-0.15, -0.1) is 0 Å². The maximum absolute atomic E-state index is 12.8. The molecule has 0 aliphatic rings. The van der Waals surface area contributed by atoms with Crippen molar-refractivity contribution in [3.63, 3.8) is 0 Å². The monoisotopic (exact) mass is 447 g/mol. The van der Waals surface area contributed by atoms with Crippen LogP contribution in [0.4, 0.5) is 8.78 Å². The maximum Gasteiger partial charge on any atom is 0.387 e. The number of carbonyl (C=O) groups excluding carboxylic acids is 1. The molecule has 0 bridgehead atoms. The number of amides is 1. The minimum absolute atomic E-state index is 0.0404. The number of hydrogen-bond donors (Lipinski definition) is 2. The van der Waals surface area contributed by atoms with E-state index in [1.54, 1.807) is 17.7 Å². The van der Waals surface area contributed by atoms with Crippen LogP contribution in [0.3, 0.4) is 0 Å². The first-order valence-electron chi connectivity index (χ1n) is 10.4. The molecule has 0 aliphatic heterocycles. The van der Waals surface area contributed by atoms with E-state index in [9.17, 15) is 18.7 Å². The van der Waals surface area contributed by atoms with Gasteiger partial charge < -0.3 is 15.2 Å². The van der Waals surface area contributed by atoms with Crippen molar-refractivity contribution in [1.82, 2.24) is 25.1 Å². The molecule has 2 atom stereocenters. The van der Waals surface area contributed by atoms with Crippen LogP contribution in [0.25, 0.3) is 22.3 Å². The van der Waals surface area contributed by atoms with Gasteiger partial charge in [0.05, 0.1) is 29.4 Å². The predicted octanol–water partition coefficient (Wildman–Crippen LogP) is 3.81. The number of halogens is 2. The van der Waals surface area contributed by atoms with Gasteiger partial charge in [0.2, 0.25) is 0 Å².